The van der Waals surface area contributed by atoms with E-state index in [1.54, 1.807) is 59.2 Å². The molecule has 0 saturated carbocycles. The molecule has 0 radical (unpaired) electrons. The van der Waals surface area contributed by atoms with Crippen molar-refractivity contribution in [3.05, 3.63) is 143 Å². The molecule has 0 fully saturated rings. The second kappa shape index (κ2) is 13.0. The van der Waals surface area contributed by atoms with Gasteiger partial charge in [-0.3, -0.25) is 9.10 Å². The van der Waals surface area contributed by atoms with Gasteiger partial charge in [0.2, 0.25) is 0 Å². The largest absolute Gasteiger partial charge is 0.497 e. The average molecular weight is 611 g/mol. The number of carbonyl (C=O) groups excluding carboxylic acids is 1. The number of aromatic nitrogens is 1. The Kier molecular flexibility index (Phi) is 8.91. The van der Waals surface area contributed by atoms with Gasteiger partial charge in [-0.15, -0.1) is 0 Å². The van der Waals surface area contributed by atoms with E-state index in [0.29, 0.717) is 17.0 Å². The molecule has 224 valence electrons. The first kappa shape index (κ1) is 30.2. The first-order valence-corrected chi connectivity index (χ1v) is 15.2. The maximum absolute atomic E-state index is 14.5. The molecule has 0 aliphatic heterocycles. The lowest BCUT2D eigenvalue weighted by Crippen LogP contribution is -2.33. The van der Waals surface area contributed by atoms with Crippen molar-refractivity contribution < 1.29 is 22.3 Å². The summed E-state index contributed by atoms with van der Waals surface area (Å²) in [4.78, 5) is 13.5. The van der Waals surface area contributed by atoms with Crippen molar-refractivity contribution in [2.45, 2.75) is 25.3 Å². The van der Waals surface area contributed by atoms with Crippen LogP contribution in [-0.4, -0.2) is 32.2 Å². The van der Waals surface area contributed by atoms with Gasteiger partial charge >= 0.3 is 0 Å². The zero-order valence-electron chi connectivity index (χ0n) is 24.4. The molecule has 0 atom stereocenters. The van der Waals surface area contributed by atoms with Crippen molar-refractivity contribution in [3.63, 3.8) is 0 Å². The van der Waals surface area contributed by atoms with E-state index in [9.17, 15) is 17.6 Å². The second-order valence-corrected chi connectivity index (χ2v) is 11.9. The summed E-state index contributed by atoms with van der Waals surface area (Å²) >= 11 is 0. The Morgan fingerprint density at radius 3 is 2.30 bits per heavy atom. The molecule has 4 aromatic carbocycles. The molecule has 5 rings (SSSR count). The molecule has 0 spiro atoms. The van der Waals surface area contributed by atoms with Crippen molar-refractivity contribution in [1.29, 1.82) is 0 Å². The SMILES string of the molecule is COc1ccc(S(=O)(=O)N(Cc2ccccc2)c2ccccc2C(=O)N/N=C/c2cc(C)n(-c3ccccc3F)c2C)cc1. The summed E-state index contributed by atoms with van der Waals surface area (Å²) in [6.07, 6.45) is 1.48. The number of carbonyl (C=O) groups is 1. The average Bonchev–Trinajstić information content (AvgIpc) is 3.32. The Morgan fingerprint density at radius 1 is 0.932 bits per heavy atom. The number of nitrogens with zero attached hydrogens (tertiary/aromatic N) is 3. The van der Waals surface area contributed by atoms with E-state index in [2.05, 4.69) is 10.5 Å². The molecule has 1 heterocycles. The summed E-state index contributed by atoms with van der Waals surface area (Å²) in [5.74, 6) is -0.430. The third kappa shape index (κ3) is 6.25. The minimum atomic E-state index is -4.11. The van der Waals surface area contributed by atoms with Crippen LogP contribution in [0.3, 0.4) is 0 Å². The molecule has 0 aliphatic carbocycles. The van der Waals surface area contributed by atoms with Crippen LogP contribution in [0.25, 0.3) is 5.69 Å². The van der Waals surface area contributed by atoms with E-state index in [-0.39, 0.29) is 28.5 Å². The fourth-order valence-electron chi connectivity index (χ4n) is 4.95. The topological polar surface area (TPSA) is 93.0 Å². The smallest absolute Gasteiger partial charge is 0.273 e. The van der Waals surface area contributed by atoms with Gasteiger partial charge in [0.05, 0.1) is 41.7 Å². The quantitative estimate of drug-likeness (QED) is 0.146. The van der Waals surface area contributed by atoms with Crippen molar-refractivity contribution in [1.82, 2.24) is 9.99 Å². The number of nitrogens with one attached hydrogen (secondary N) is 1. The molecular formula is C34H31FN4O4S. The molecule has 5 aromatic rings. The predicted molar refractivity (Wildman–Crippen MR) is 170 cm³/mol. The zero-order chi connectivity index (χ0) is 31.3. The number of anilines is 1. The molecule has 44 heavy (non-hydrogen) atoms. The van der Waals surface area contributed by atoms with Crippen LogP contribution < -0.4 is 14.5 Å². The van der Waals surface area contributed by atoms with Gasteiger partial charge in [-0.2, -0.15) is 5.10 Å². The van der Waals surface area contributed by atoms with E-state index >= 15 is 0 Å². The van der Waals surface area contributed by atoms with Crippen LogP contribution in [0.1, 0.15) is 32.9 Å². The number of sulfonamides is 1. The summed E-state index contributed by atoms with van der Waals surface area (Å²) in [6, 6.07) is 30.0. The minimum Gasteiger partial charge on any atom is -0.497 e. The number of halogens is 1. The van der Waals surface area contributed by atoms with Gasteiger partial charge in [0, 0.05) is 17.0 Å². The normalized spacial score (nSPS) is 11.5. The molecule has 0 unspecified atom stereocenters. The van der Waals surface area contributed by atoms with Gasteiger partial charge < -0.3 is 9.30 Å². The number of hydrogen-bond acceptors (Lipinski definition) is 5. The molecular weight excluding hydrogens is 579 g/mol. The highest BCUT2D eigenvalue weighted by atomic mass is 32.2. The van der Waals surface area contributed by atoms with Crippen molar-refractivity contribution in [2.24, 2.45) is 5.10 Å². The van der Waals surface area contributed by atoms with Crippen LogP contribution in [0.15, 0.2) is 119 Å². The fourth-order valence-corrected chi connectivity index (χ4v) is 6.42. The minimum absolute atomic E-state index is 0.00913. The summed E-state index contributed by atoms with van der Waals surface area (Å²) < 4.78 is 50.7. The van der Waals surface area contributed by atoms with Crippen LogP contribution in [0.2, 0.25) is 0 Å². The van der Waals surface area contributed by atoms with Gasteiger partial charge in [-0.25, -0.2) is 18.2 Å². The first-order valence-electron chi connectivity index (χ1n) is 13.8. The number of hydrazone groups is 1. The summed E-state index contributed by atoms with van der Waals surface area (Å²) in [7, 11) is -2.60. The number of rotatable bonds is 10. The number of amides is 1. The first-order chi connectivity index (χ1) is 21.2. The Hall–Kier alpha value is -5.22. The Labute approximate surface area is 256 Å². The standard InChI is InChI=1S/C34H31FN4O4S/c1-24-21-27(25(2)39(24)33-16-10-8-14-31(33)35)22-36-37-34(40)30-13-7-9-15-32(30)38(23-26-11-5-4-6-12-26)44(41,42)29-19-17-28(43-3)18-20-29/h4-22H,23H2,1-3H3,(H,37,40)/b36-22+. The number of para-hydroxylation sites is 2. The lowest BCUT2D eigenvalue weighted by molar-refractivity contribution is 0.0955. The maximum atomic E-state index is 14.5. The Morgan fingerprint density at radius 2 is 1.59 bits per heavy atom. The monoisotopic (exact) mass is 610 g/mol. The Balaban J connectivity index is 1.46. The van der Waals surface area contributed by atoms with Gasteiger partial charge in [-0.1, -0.05) is 54.6 Å². The van der Waals surface area contributed by atoms with E-state index in [1.165, 1.54) is 35.8 Å². The lowest BCUT2D eigenvalue weighted by atomic mass is 10.1. The number of benzene rings is 4. The van der Waals surface area contributed by atoms with Crippen LogP contribution >= 0.6 is 0 Å². The molecule has 0 bridgehead atoms. The van der Waals surface area contributed by atoms with Crippen molar-refractivity contribution in [2.75, 3.05) is 11.4 Å². The molecule has 1 N–H and O–H groups in total. The van der Waals surface area contributed by atoms with Crippen molar-refractivity contribution in [3.8, 4) is 11.4 Å². The van der Waals surface area contributed by atoms with Crippen LogP contribution in [0, 0.1) is 19.7 Å². The number of aryl methyl sites for hydroxylation is 1. The summed E-state index contributed by atoms with van der Waals surface area (Å²) in [6.45, 7) is 3.68. The summed E-state index contributed by atoms with van der Waals surface area (Å²) in [5.41, 5.74) is 6.22. The van der Waals surface area contributed by atoms with Gasteiger partial charge in [-0.05, 0) is 74.0 Å². The highest BCUT2D eigenvalue weighted by Crippen LogP contribution is 2.30. The molecule has 8 nitrogen and oxygen atoms in total. The molecule has 0 aliphatic rings. The van der Waals surface area contributed by atoms with Crippen LogP contribution in [-0.2, 0) is 16.6 Å². The van der Waals surface area contributed by atoms with E-state index in [4.69, 9.17) is 4.74 Å². The van der Waals surface area contributed by atoms with Crippen LogP contribution in [0.4, 0.5) is 10.1 Å². The highest BCUT2D eigenvalue weighted by Gasteiger charge is 2.28. The van der Waals surface area contributed by atoms with E-state index in [0.717, 1.165) is 17.0 Å². The molecule has 10 heteroatoms. The summed E-state index contributed by atoms with van der Waals surface area (Å²) in [5, 5.41) is 4.16. The van der Waals surface area contributed by atoms with E-state index in [1.807, 2.05) is 50.2 Å². The maximum Gasteiger partial charge on any atom is 0.273 e. The molecule has 0 saturated heterocycles. The zero-order valence-corrected chi connectivity index (χ0v) is 25.3. The molecule has 1 aromatic heterocycles. The third-order valence-corrected chi connectivity index (χ3v) is 8.94. The third-order valence-electron chi connectivity index (χ3n) is 7.17. The van der Waals surface area contributed by atoms with Gasteiger partial charge in [0.15, 0.2) is 0 Å². The van der Waals surface area contributed by atoms with Crippen LogP contribution in [0.5, 0.6) is 5.75 Å². The highest BCUT2D eigenvalue weighted by molar-refractivity contribution is 7.92. The van der Waals surface area contributed by atoms with E-state index < -0.39 is 15.9 Å². The number of hydrogen-bond donors (Lipinski definition) is 1. The predicted octanol–water partition coefficient (Wildman–Crippen LogP) is 6.40. The fraction of sp³-hybridized carbons (Fsp3) is 0.118. The Bertz CT molecular complexity index is 1920. The lowest BCUT2D eigenvalue weighted by Gasteiger charge is -2.26. The van der Waals surface area contributed by atoms with Gasteiger partial charge in [0.25, 0.3) is 15.9 Å². The second-order valence-electron chi connectivity index (χ2n) is 10.0. The number of ether oxygens (including phenoxy) is 1. The van der Waals surface area contributed by atoms with Crippen molar-refractivity contribution >= 4 is 27.8 Å². The molecule has 1 amide bonds. The number of methoxy groups -OCH3 is 1. The van der Waals surface area contributed by atoms with Gasteiger partial charge in [0.1, 0.15) is 11.6 Å².